The van der Waals surface area contributed by atoms with Crippen LogP contribution in [0.25, 0.3) is 11.1 Å². The van der Waals surface area contributed by atoms with Crippen molar-refractivity contribution < 1.29 is 4.74 Å². The minimum atomic E-state index is 0.472. The SMILES string of the molecule is CC(COc1ccc(Cl)cc1-c1ccccc1)CN(C)C. The van der Waals surface area contributed by atoms with E-state index in [1.807, 2.05) is 36.4 Å². The molecule has 1 atom stereocenters. The van der Waals surface area contributed by atoms with E-state index in [1.54, 1.807) is 0 Å². The van der Waals surface area contributed by atoms with Crippen molar-refractivity contribution >= 4 is 11.6 Å². The first kappa shape index (κ1) is 15.9. The van der Waals surface area contributed by atoms with Gasteiger partial charge >= 0.3 is 0 Å². The molecular formula is C18H22ClNO. The standard InChI is InChI=1S/C18H22ClNO/c1-14(12-20(2)3)13-21-18-10-9-16(19)11-17(18)15-7-5-4-6-8-15/h4-11,14H,12-13H2,1-3H3. The molecule has 0 aliphatic carbocycles. The number of hydrogen-bond acceptors (Lipinski definition) is 2. The number of halogens is 1. The van der Waals surface area contributed by atoms with Gasteiger partial charge in [0.05, 0.1) is 6.61 Å². The van der Waals surface area contributed by atoms with Gasteiger partial charge in [0.15, 0.2) is 0 Å². The normalized spacial score (nSPS) is 12.4. The zero-order chi connectivity index (χ0) is 15.2. The minimum Gasteiger partial charge on any atom is -0.493 e. The highest BCUT2D eigenvalue weighted by atomic mass is 35.5. The molecule has 2 nitrogen and oxygen atoms in total. The van der Waals surface area contributed by atoms with Crippen LogP contribution in [0.5, 0.6) is 5.75 Å². The summed E-state index contributed by atoms with van der Waals surface area (Å²) in [6, 6.07) is 16.0. The van der Waals surface area contributed by atoms with Crippen LogP contribution in [-0.2, 0) is 0 Å². The van der Waals surface area contributed by atoms with Crippen molar-refractivity contribution in [1.82, 2.24) is 4.90 Å². The van der Waals surface area contributed by atoms with Crippen molar-refractivity contribution in [2.45, 2.75) is 6.92 Å². The molecule has 0 spiro atoms. The molecule has 1 unspecified atom stereocenters. The summed E-state index contributed by atoms with van der Waals surface area (Å²) < 4.78 is 6.02. The largest absolute Gasteiger partial charge is 0.493 e. The summed E-state index contributed by atoms with van der Waals surface area (Å²) in [6.07, 6.45) is 0. The van der Waals surface area contributed by atoms with Crippen molar-refractivity contribution in [3.63, 3.8) is 0 Å². The molecule has 0 bridgehead atoms. The second kappa shape index (κ2) is 7.48. The van der Waals surface area contributed by atoms with E-state index in [4.69, 9.17) is 16.3 Å². The molecule has 2 aromatic rings. The molecule has 0 heterocycles. The van der Waals surface area contributed by atoms with Gasteiger partial charge in [-0.2, -0.15) is 0 Å². The maximum atomic E-state index is 6.14. The Morgan fingerprint density at radius 1 is 1.10 bits per heavy atom. The molecule has 0 fully saturated rings. The summed E-state index contributed by atoms with van der Waals surface area (Å²) in [4.78, 5) is 2.17. The molecule has 0 saturated carbocycles. The van der Waals surface area contributed by atoms with Gasteiger partial charge in [0.1, 0.15) is 5.75 Å². The second-order valence-corrected chi connectivity index (χ2v) is 6.12. The number of benzene rings is 2. The highest BCUT2D eigenvalue weighted by Gasteiger charge is 2.10. The highest BCUT2D eigenvalue weighted by Crippen LogP contribution is 2.32. The second-order valence-electron chi connectivity index (χ2n) is 5.68. The molecule has 3 heteroatoms. The molecule has 2 rings (SSSR count). The Morgan fingerprint density at radius 3 is 2.48 bits per heavy atom. The van der Waals surface area contributed by atoms with Crippen molar-refractivity contribution in [2.24, 2.45) is 5.92 Å². The van der Waals surface area contributed by atoms with E-state index in [0.717, 1.165) is 28.4 Å². The number of ether oxygens (including phenoxy) is 1. The first-order valence-corrected chi connectivity index (χ1v) is 7.56. The van der Waals surface area contributed by atoms with Crippen LogP contribution in [0.3, 0.4) is 0 Å². The van der Waals surface area contributed by atoms with Crippen LogP contribution in [0, 0.1) is 5.92 Å². The van der Waals surface area contributed by atoms with Gasteiger partial charge in [-0.15, -0.1) is 0 Å². The predicted molar refractivity (Wildman–Crippen MR) is 90.1 cm³/mol. The lowest BCUT2D eigenvalue weighted by molar-refractivity contribution is 0.223. The molecule has 0 saturated heterocycles. The van der Waals surface area contributed by atoms with Crippen molar-refractivity contribution in [3.8, 4) is 16.9 Å². The summed E-state index contributed by atoms with van der Waals surface area (Å²) in [5, 5.41) is 0.725. The quantitative estimate of drug-likeness (QED) is 0.774. The van der Waals surface area contributed by atoms with E-state index >= 15 is 0 Å². The van der Waals surface area contributed by atoms with Crippen LogP contribution in [0.15, 0.2) is 48.5 Å². The van der Waals surface area contributed by atoms with E-state index in [-0.39, 0.29) is 0 Å². The summed E-state index contributed by atoms with van der Waals surface area (Å²) in [5.74, 6) is 1.36. The summed E-state index contributed by atoms with van der Waals surface area (Å²) in [7, 11) is 4.16. The molecule has 0 amide bonds. The Kier molecular flexibility index (Phi) is 5.66. The molecule has 2 aromatic carbocycles. The van der Waals surface area contributed by atoms with E-state index in [9.17, 15) is 0 Å². The zero-order valence-corrected chi connectivity index (χ0v) is 13.6. The molecular weight excluding hydrogens is 282 g/mol. The van der Waals surface area contributed by atoms with Crippen molar-refractivity contribution in [3.05, 3.63) is 53.6 Å². The van der Waals surface area contributed by atoms with E-state index in [0.29, 0.717) is 12.5 Å². The lowest BCUT2D eigenvalue weighted by Gasteiger charge is -2.19. The highest BCUT2D eigenvalue weighted by molar-refractivity contribution is 6.31. The van der Waals surface area contributed by atoms with Crippen LogP contribution in [0.1, 0.15) is 6.92 Å². The first-order chi connectivity index (χ1) is 10.1. The van der Waals surface area contributed by atoms with E-state index in [1.165, 1.54) is 0 Å². The summed E-state index contributed by atoms with van der Waals surface area (Å²) >= 11 is 6.14. The molecule has 0 radical (unpaired) electrons. The predicted octanol–water partition coefficient (Wildman–Crippen LogP) is 4.58. The molecule has 112 valence electrons. The fourth-order valence-corrected chi connectivity index (χ4v) is 2.55. The Morgan fingerprint density at radius 2 is 1.81 bits per heavy atom. The zero-order valence-electron chi connectivity index (χ0n) is 12.8. The number of rotatable bonds is 6. The fourth-order valence-electron chi connectivity index (χ4n) is 2.38. The van der Waals surface area contributed by atoms with Crippen LogP contribution in [-0.4, -0.2) is 32.1 Å². The van der Waals surface area contributed by atoms with Gasteiger partial charge in [-0.3, -0.25) is 0 Å². The van der Waals surface area contributed by atoms with E-state index < -0.39 is 0 Å². The minimum absolute atomic E-state index is 0.472. The van der Waals surface area contributed by atoms with Crippen molar-refractivity contribution in [1.29, 1.82) is 0 Å². The summed E-state index contributed by atoms with van der Waals surface area (Å²) in [5.41, 5.74) is 2.16. The topological polar surface area (TPSA) is 12.5 Å². The molecule has 0 aliphatic heterocycles. The Bertz CT molecular complexity index is 569. The van der Waals surface area contributed by atoms with E-state index in [2.05, 4.69) is 38.1 Å². The van der Waals surface area contributed by atoms with Gasteiger partial charge in [-0.05, 0) is 37.9 Å². The Labute approximate surface area is 132 Å². The lowest BCUT2D eigenvalue weighted by atomic mass is 10.0. The Balaban J connectivity index is 2.16. The van der Waals surface area contributed by atoms with Gasteiger partial charge < -0.3 is 9.64 Å². The van der Waals surface area contributed by atoms with Crippen LogP contribution >= 0.6 is 11.6 Å². The fraction of sp³-hybridized carbons (Fsp3) is 0.333. The van der Waals surface area contributed by atoms with Gasteiger partial charge in [0.2, 0.25) is 0 Å². The maximum Gasteiger partial charge on any atom is 0.127 e. The molecule has 0 aliphatic rings. The van der Waals surface area contributed by atoms with Crippen LogP contribution in [0.4, 0.5) is 0 Å². The van der Waals surface area contributed by atoms with Crippen LogP contribution in [0.2, 0.25) is 5.02 Å². The number of hydrogen-bond donors (Lipinski definition) is 0. The average molecular weight is 304 g/mol. The maximum absolute atomic E-state index is 6.14. The molecule has 0 N–H and O–H groups in total. The third kappa shape index (κ3) is 4.76. The van der Waals surface area contributed by atoms with Gasteiger partial charge in [-0.25, -0.2) is 0 Å². The first-order valence-electron chi connectivity index (χ1n) is 7.19. The van der Waals surface area contributed by atoms with Crippen molar-refractivity contribution in [2.75, 3.05) is 27.2 Å². The lowest BCUT2D eigenvalue weighted by Crippen LogP contribution is -2.24. The van der Waals surface area contributed by atoms with Crippen LogP contribution < -0.4 is 4.74 Å². The smallest absolute Gasteiger partial charge is 0.127 e. The molecule has 0 aromatic heterocycles. The summed E-state index contributed by atoms with van der Waals surface area (Å²) in [6.45, 7) is 3.89. The Hall–Kier alpha value is -1.51. The molecule has 21 heavy (non-hydrogen) atoms. The monoisotopic (exact) mass is 303 g/mol. The average Bonchev–Trinajstić information content (AvgIpc) is 2.46. The van der Waals surface area contributed by atoms with Gasteiger partial charge in [0, 0.05) is 23.0 Å². The third-order valence-corrected chi connectivity index (χ3v) is 3.46. The third-order valence-electron chi connectivity index (χ3n) is 3.23. The van der Waals surface area contributed by atoms with Gasteiger partial charge in [0.25, 0.3) is 0 Å². The van der Waals surface area contributed by atoms with Gasteiger partial charge in [-0.1, -0.05) is 48.9 Å². The number of nitrogens with zero attached hydrogens (tertiary/aromatic N) is 1.